The molecule has 0 aliphatic heterocycles. The lowest BCUT2D eigenvalue weighted by Gasteiger charge is -2.16. The molecule has 106 valence electrons. The third-order valence-corrected chi connectivity index (χ3v) is 4.27. The molecule has 0 bridgehead atoms. The molecule has 1 aliphatic carbocycles. The van der Waals surface area contributed by atoms with E-state index in [4.69, 9.17) is 5.41 Å². The van der Waals surface area contributed by atoms with E-state index < -0.39 is 0 Å². The Hall–Kier alpha value is -1.63. The van der Waals surface area contributed by atoms with Gasteiger partial charge in [-0.2, -0.15) is 0 Å². The summed E-state index contributed by atoms with van der Waals surface area (Å²) in [7, 11) is 0. The maximum atomic E-state index is 8.38. The second-order valence-electron chi connectivity index (χ2n) is 5.80. The maximum absolute atomic E-state index is 8.38. The molecule has 1 unspecified atom stereocenters. The molecule has 1 nitrogen and oxygen atoms in total. The van der Waals surface area contributed by atoms with Crippen LogP contribution in [-0.2, 0) is 0 Å². The van der Waals surface area contributed by atoms with Gasteiger partial charge in [0.15, 0.2) is 0 Å². The first-order valence-corrected chi connectivity index (χ1v) is 7.63. The monoisotopic (exact) mass is 267 g/mol. The highest BCUT2D eigenvalue weighted by atomic mass is 14.4. The quantitative estimate of drug-likeness (QED) is 0.670. The topological polar surface area (TPSA) is 23.9 Å². The molecule has 1 atom stereocenters. The smallest absolute Gasteiger partial charge is 0.0392 e. The van der Waals surface area contributed by atoms with Crippen molar-refractivity contribution in [2.45, 2.75) is 47.0 Å². The Balaban J connectivity index is 2.42. The summed E-state index contributed by atoms with van der Waals surface area (Å²) < 4.78 is 0. The highest BCUT2D eigenvalue weighted by Crippen LogP contribution is 2.39. The van der Waals surface area contributed by atoms with E-state index in [-0.39, 0.29) is 0 Å². The number of nitrogens with one attached hydrogen (secondary N) is 1. The van der Waals surface area contributed by atoms with Crippen molar-refractivity contribution in [2.75, 3.05) is 0 Å². The van der Waals surface area contributed by atoms with Gasteiger partial charge in [0.05, 0.1) is 0 Å². The first-order valence-electron chi connectivity index (χ1n) is 7.63. The maximum Gasteiger partial charge on any atom is 0.0392 e. The Kier molecular flexibility index (Phi) is 4.59. The minimum Gasteiger partial charge on any atom is -0.305 e. The Morgan fingerprint density at radius 3 is 2.50 bits per heavy atom. The van der Waals surface area contributed by atoms with Crippen LogP contribution in [0.25, 0.3) is 5.57 Å². The Morgan fingerprint density at radius 2 is 1.90 bits per heavy atom. The molecule has 0 aromatic heterocycles. The Bertz CT molecular complexity index is 575. The van der Waals surface area contributed by atoms with Gasteiger partial charge in [-0.05, 0) is 43.4 Å². The van der Waals surface area contributed by atoms with E-state index in [0.29, 0.717) is 5.92 Å². The molecule has 20 heavy (non-hydrogen) atoms. The second kappa shape index (κ2) is 6.21. The zero-order valence-corrected chi connectivity index (χ0v) is 13.1. The van der Waals surface area contributed by atoms with Crippen molar-refractivity contribution in [3.05, 3.63) is 52.6 Å². The van der Waals surface area contributed by atoms with E-state index in [1.54, 1.807) is 0 Å². The summed E-state index contributed by atoms with van der Waals surface area (Å²) in [6, 6.07) is 8.42. The van der Waals surface area contributed by atoms with Gasteiger partial charge < -0.3 is 5.41 Å². The predicted octanol–water partition coefficient (Wildman–Crippen LogP) is 5.61. The van der Waals surface area contributed by atoms with Gasteiger partial charge in [0, 0.05) is 17.2 Å². The van der Waals surface area contributed by atoms with Crippen LogP contribution in [0.5, 0.6) is 0 Å². The third-order valence-electron chi connectivity index (χ3n) is 4.27. The summed E-state index contributed by atoms with van der Waals surface area (Å²) >= 11 is 0. The van der Waals surface area contributed by atoms with Crippen LogP contribution >= 0.6 is 0 Å². The first kappa shape index (κ1) is 14.8. The Morgan fingerprint density at radius 1 is 1.20 bits per heavy atom. The number of benzene rings is 1. The molecule has 0 amide bonds. The molecule has 1 aromatic carbocycles. The number of unbranched alkanes of at least 4 members (excludes halogenated alkanes) is 1. The fourth-order valence-electron chi connectivity index (χ4n) is 3.05. The first-order chi connectivity index (χ1) is 9.56. The van der Waals surface area contributed by atoms with Crippen molar-refractivity contribution in [1.82, 2.24) is 0 Å². The predicted molar refractivity (Wildman–Crippen MR) is 88.3 cm³/mol. The van der Waals surface area contributed by atoms with Crippen molar-refractivity contribution >= 4 is 11.3 Å². The van der Waals surface area contributed by atoms with E-state index in [2.05, 4.69) is 58.0 Å². The van der Waals surface area contributed by atoms with Crippen molar-refractivity contribution in [1.29, 1.82) is 5.41 Å². The molecular weight excluding hydrogens is 242 g/mol. The number of hydrogen-bond donors (Lipinski definition) is 1. The minimum absolute atomic E-state index is 0.454. The van der Waals surface area contributed by atoms with Crippen LogP contribution in [0.1, 0.15) is 58.1 Å². The summed E-state index contributed by atoms with van der Waals surface area (Å²) in [5, 5.41) is 8.38. The molecule has 2 rings (SSSR count). The fourth-order valence-corrected chi connectivity index (χ4v) is 3.05. The second-order valence-corrected chi connectivity index (χ2v) is 5.80. The zero-order valence-electron chi connectivity index (χ0n) is 13.1. The van der Waals surface area contributed by atoms with Gasteiger partial charge in [-0.25, -0.2) is 0 Å². The minimum atomic E-state index is 0.454. The molecule has 1 aromatic rings. The molecule has 0 spiro atoms. The summed E-state index contributed by atoms with van der Waals surface area (Å²) in [5.74, 6) is 0.454. The van der Waals surface area contributed by atoms with Gasteiger partial charge in [-0.15, -0.1) is 0 Å². The third kappa shape index (κ3) is 2.77. The lowest BCUT2D eigenvalue weighted by atomic mass is 9.88. The fraction of sp³-hybridized carbons (Fsp3) is 0.421. The molecule has 1 aliphatic rings. The molecule has 0 radical (unpaired) electrons. The molecular formula is C19H25N. The molecule has 0 fully saturated rings. The average molecular weight is 267 g/mol. The van der Waals surface area contributed by atoms with Crippen LogP contribution in [0.4, 0.5) is 0 Å². The molecule has 1 heteroatoms. The van der Waals surface area contributed by atoms with Crippen LogP contribution in [-0.4, -0.2) is 5.71 Å². The van der Waals surface area contributed by atoms with Crippen molar-refractivity contribution in [2.24, 2.45) is 5.92 Å². The van der Waals surface area contributed by atoms with Crippen LogP contribution in [0, 0.1) is 11.3 Å². The van der Waals surface area contributed by atoms with Gasteiger partial charge in [0.2, 0.25) is 0 Å². The average Bonchev–Trinajstić information content (AvgIpc) is 2.69. The van der Waals surface area contributed by atoms with Crippen LogP contribution < -0.4 is 0 Å². The standard InChI is InChI=1S/C19H25N/c1-5-6-11-18(20)16-9-7-8-10-17(16)19-14(3)12-13(2)15(19)4/h7-10,12,14,20H,5-6,11H2,1-4H3. The van der Waals surface area contributed by atoms with E-state index in [0.717, 1.165) is 30.5 Å². The SMILES string of the molecule is CCCCC(=N)c1ccccc1C1=C(C)C(C)=CC1C. The summed E-state index contributed by atoms with van der Waals surface area (Å²) in [5.41, 5.74) is 7.31. The normalized spacial score (nSPS) is 18.4. The summed E-state index contributed by atoms with van der Waals surface area (Å²) in [6.45, 7) is 8.82. The van der Waals surface area contributed by atoms with Gasteiger partial charge in [0.25, 0.3) is 0 Å². The van der Waals surface area contributed by atoms with Crippen molar-refractivity contribution in [3.8, 4) is 0 Å². The Labute approximate surface area is 122 Å². The van der Waals surface area contributed by atoms with E-state index in [1.807, 2.05) is 0 Å². The largest absolute Gasteiger partial charge is 0.305 e. The summed E-state index contributed by atoms with van der Waals surface area (Å²) in [6.07, 6.45) is 5.44. The van der Waals surface area contributed by atoms with Crippen LogP contribution in [0.2, 0.25) is 0 Å². The van der Waals surface area contributed by atoms with E-state index >= 15 is 0 Å². The molecule has 0 heterocycles. The van der Waals surface area contributed by atoms with E-state index in [1.165, 1.54) is 22.3 Å². The van der Waals surface area contributed by atoms with Gasteiger partial charge >= 0.3 is 0 Å². The summed E-state index contributed by atoms with van der Waals surface area (Å²) in [4.78, 5) is 0. The van der Waals surface area contributed by atoms with Crippen molar-refractivity contribution < 1.29 is 0 Å². The highest BCUT2D eigenvalue weighted by molar-refractivity contribution is 6.03. The van der Waals surface area contributed by atoms with Crippen LogP contribution in [0.3, 0.4) is 0 Å². The lowest BCUT2D eigenvalue weighted by molar-refractivity contribution is 0.832. The zero-order chi connectivity index (χ0) is 14.7. The lowest BCUT2D eigenvalue weighted by Crippen LogP contribution is -2.05. The highest BCUT2D eigenvalue weighted by Gasteiger charge is 2.22. The molecule has 1 N–H and O–H groups in total. The van der Waals surface area contributed by atoms with Crippen molar-refractivity contribution in [3.63, 3.8) is 0 Å². The van der Waals surface area contributed by atoms with Crippen LogP contribution in [0.15, 0.2) is 41.5 Å². The number of allylic oxidation sites excluding steroid dienone is 4. The number of rotatable bonds is 5. The number of hydrogen-bond acceptors (Lipinski definition) is 1. The van der Waals surface area contributed by atoms with Gasteiger partial charge in [0.1, 0.15) is 0 Å². The molecule has 0 saturated heterocycles. The van der Waals surface area contributed by atoms with Gasteiger partial charge in [-0.1, -0.05) is 56.2 Å². The molecule has 0 saturated carbocycles. The van der Waals surface area contributed by atoms with E-state index in [9.17, 15) is 0 Å². The van der Waals surface area contributed by atoms with Gasteiger partial charge in [-0.3, -0.25) is 0 Å².